The predicted molar refractivity (Wildman–Crippen MR) is 95.5 cm³/mol. The molecule has 0 atom stereocenters. The van der Waals surface area contributed by atoms with Crippen molar-refractivity contribution in [1.82, 2.24) is 9.97 Å². The summed E-state index contributed by atoms with van der Waals surface area (Å²) in [5.74, 6) is 0.549. The smallest absolute Gasteiger partial charge is 0.257 e. The van der Waals surface area contributed by atoms with E-state index in [-0.39, 0.29) is 12.0 Å². The Balaban J connectivity index is 1.68. The van der Waals surface area contributed by atoms with Gasteiger partial charge in [-0.3, -0.25) is 15.1 Å². The number of amides is 1. The number of rotatable bonds is 5. The summed E-state index contributed by atoms with van der Waals surface area (Å²) in [5.41, 5.74) is 2.28. The molecule has 2 heterocycles. The summed E-state index contributed by atoms with van der Waals surface area (Å²) >= 11 is 1.38. The Hall–Kier alpha value is -2.73. The number of benzene rings is 1. The number of carbonyl (C=O) groups is 1. The summed E-state index contributed by atoms with van der Waals surface area (Å²) in [6, 6.07) is 10.8. The van der Waals surface area contributed by atoms with Crippen LogP contribution < -0.4 is 10.1 Å². The molecule has 0 unspecified atom stereocenters. The van der Waals surface area contributed by atoms with Crippen LogP contribution in [0.15, 0.2) is 54.2 Å². The average molecular weight is 339 g/mol. The van der Waals surface area contributed by atoms with Crippen LogP contribution in [0.25, 0.3) is 11.3 Å². The van der Waals surface area contributed by atoms with Gasteiger partial charge in [-0.15, -0.1) is 11.3 Å². The van der Waals surface area contributed by atoms with E-state index in [1.165, 1.54) is 11.3 Å². The van der Waals surface area contributed by atoms with Crippen LogP contribution in [-0.2, 0) is 0 Å². The van der Waals surface area contributed by atoms with Crippen molar-refractivity contribution in [1.29, 1.82) is 0 Å². The number of thiazole rings is 1. The highest BCUT2D eigenvalue weighted by molar-refractivity contribution is 7.14. The molecule has 1 amide bonds. The first-order chi connectivity index (χ1) is 11.6. The molecule has 3 rings (SSSR count). The molecule has 0 saturated heterocycles. The van der Waals surface area contributed by atoms with Crippen LogP contribution in [-0.4, -0.2) is 22.0 Å². The first-order valence-corrected chi connectivity index (χ1v) is 8.44. The lowest BCUT2D eigenvalue weighted by molar-refractivity contribution is 0.102. The Morgan fingerprint density at radius 2 is 2.00 bits per heavy atom. The molecule has 1 N–H and O–H groups in total. The standard InChI is InChI=1S/C18H17N3O2S/c1-12(2)23-15-7-5-13(6-8-15)17(22)21-18-20-16(11-24-18)14-4-3-9-19-10-14/h3-12H,1-2H3,(H,20,21,22). The molecule has 0 spiro atoms. The molecular formula is C18H17N3O2S. The molecule has 24 heavy (non-hydrogen) atoms. The molecule has 0 aliphatic carbocycles. The average Bonchev–Trinajstić information content (AvgIpc) is 3.04. The van der Waals surface area contributed by atoms with Gasteiger partial charge in [0, 0.05) is 28.9 Å². The Kier molecular flexibility index (Phi) is 4.86. The van der Waals surface area contributed by atoms with E-state index in [0.29, 0.717) is 10.7 Å². The minimum Gasteiger partial charge on any atom is -0.491 e. The lowest BCUT2D eigenvalue weighted by atomic mass is 10.2. The summed E-state index contributed by atoms with van der Waals surface area (Å²) in [4.78, 5) is 20.8. The highest BCUT2D eigenvalue weighted by atomic mass is 32.1. The number of pyridine rings is 1. The van der Waals surface area contributed by atoms with Crippen molar-refractivity contribution in [2.24, 2.45) is 0 Å². The Labute approximate surface area is 144 Å². The fraction of sp³-hybridized carbons (Fsp3) is 0.167. The summed E-state index contributed by atoms with van der Waals surface area (Å²) in [6.07, 6.45) is 3.56. The third-order valence-electron chi connectivity index (χ3n) is 3.17. The van der Waals surface area contributed by atoms with Gasteiger partial charge in [0.25, 0.3) is 5.91 Å². The summed E-state index contributed by atoms with van der Waals surface area (Å²) < 4.78 is 5.57. The minimum absolute atomic E-state index is 0.103. The molecular weight excluding hydrogens is 322 g/mol. The highest BCUT2D eigenvalue weighted by Crippen LogP contribution is 2.24. The van der Waals surface area contributed by atoms with Gasteiger partial charge in [0.15, 0.2) is 5.13 Å². The van der Waals surface area contributed by atoms with Crippen molar-refractivity contribution >= 4 is 22.4 Å². The molecule has 0 aliphatic heterocycles. The molecule has 122 valence electrons. The number of hydrogen-bond acceptors (Lipinski definition) is 5. The van der Waals surface area contributed by atoms with E-state index < -0.39 is 0 Å². The Bertz CT molecular complexity index is 814. The lowest BCUT2D eigenvalue weighted by Crippen LogP contribution is -2.12. The van der Waals surface area contributed by atoms with Gasteiger partial charge in [-0.05, 0) is 50.2 Å². The number of hydrogen-bond donors (Lipinski definition) is 1. The largest absolute Gasteiger partial charge is 0.491 e. The summed E-state index contributed by atoms with van der Waals surface area (Å²) in [6.45, 7) is 3.92. The predicted octanol–water partition coefficient (Wildman–Crippen LogP) is 4.24. The fourth-order valence-corrected chi connectivity index (χ4v) is 2.82. The second kappa shape index (κ2) is 7.23. The van der Waals surface area contributed by atoms with Gasteiger partial charge in [0.05, 0.1) is 11.8 Å². The summed E-state index contributed by atoms with van der Waals surface area (Å²) in [7, 11) is 0. The molecule has 3 aromatic rings. The molecule has 1 aromatic carbocycles. The van der Waals surface area contributed by atoms with E-state index in [1.807, 2.05) is 31.4 Å². The molecule has 0 bridgehead atoms. The maximum atomic E-state index is 12.3. The van der Waals surface area contributed by atoms with Gasteiger partial charge in [0.1, 0.15) is 5.75 Å². The van der Waals surface area contributed by atoms with Crippen LogP contribution in [0.4, 0.5) is 5.13 Å². The zero-order valence-electron chi connectivity index (χ0n) is 13.4. The van der Waals surface area contributed by atoms with Crippen LogP contribution in [0.5, 0.6) is 5.75 Å². The third-order valence-corrected chi connectivity index (χ3v) is 3.93. The molecule has 6 heteroatoms. The van der Waals surface area contributed by atoms with Gasteiger partial charge in [-0.25, -0.2) is 4.98 Å². The second-order valence-corrected chi connectivity index (χ2v) is 6.28. The molecule has 0 fully saturated rings. The van der Waals surface area contributed by atoms with Crippen LogP contribution in [0, 0.1) is 0 Å². The Morgan fingerprint density at radius 1 is 1.21 bits per heavy atom. The van der Waals surface area contributed by atoms with Gasteiger partial charge < -0.3 is 4.74 Å². The number of nitrogens with zero attached hydrogens (tertiary/aromatic N) is 2. The van der Waals surface area contributed by atoms with Crippen molar-refractivity contribution in [2.45, 2.75) is 20.0 Å². The van der Waals surface area contributed by atoms with E-state index in [9.17, 15) is 4.79 Å². The van der Waals surface area contributed by atoms with Crippen molar-refractivity contribution < 1.29 is 9.53 Å². The number of ether oxygens (including phenoxy) is 1. The first-order valence-electron chi connectivity index (χ1n) is 7.56. The second-order valence-electron chi connectivity index (χ2n) is 5.42. The minimum atomic E-state index is -0.196. The van der Waals surface area contributed by atoms with E-state index in [4.69, 9.17) is 4.74 Å². The van der Waals surface area contributed by atoms with E-state index >= 15 is 0 Å². The van der Waals surface area contributed by atoms with Crippen LogP contribution in [0.3, 0.4) is 0 Å². The van der Waals surface area contributed by atoms with Gasteiger partial charge in [-0.2, -0.15) is 0 Å². The molecule has 0 aliphatic rings. The topological polar surface area (TPSA) is 64.1 Å². The Morgan fingerprint density at radius 3 is 2.67 bits per heavy atom. The molecule has 2 aromatic heterocycles. The number of anilines is 1. The lowest BCUT2D eigenvalue weighted by Gasteiger charge is -2.09. The maximum Gasteiger partial charge on any atom is 0.257 e. The van der Waals surface area contributed by atoms with E-state index in [1.54, 1.807) is 36.7 Å². The van der Waals surface area contributed by atoms with E-state index in [0.717, 1.165) is 17.0 Å². The molecule has 5 nitrogen and oxygen atoms in total. The zero-order valence-corrected chi connectivity index (χ0v) is 14.2. The number of carbonyl (C=O) groups excluding carboxylic acids is 1. The fourth-order valence-electron chi connectivity index (χ4n) is 2.10. The summed E-state index contributed by atoms with van der Waals surface area (Å²) in [5, 5.41) is 5.27. The van der Waals surface area contributed by atoms with Gasteiger partial charge in [-0.1, -0.05) is 0 Å². The number of nitrogens with one attached hydrogen (secondary N) is 1. The molecule has 0 saturated carbocycles. The van der Waals surface area contributed by atoms with Crippen LogP contribution >= 0.6 is 11.3 Å². The van der Waals surface area contributed by atoms with Crippen molar-refractivity contribution in [3.05, 3.63) is 59.7 Å². The van der Waals surface area contributed by atoms with Crippen molar-refractivity contribution in [3.63, 3.8) is 0 Å². The van der Waals surface area contributed by atoms with Crippen LogP contribution in [0.1, 0.15) is 24.2 Å². The third kappa shape index (κ3) is 3.97. The van der Waals surface area contributed by atoms with Crippen molar-refractivity contribution in [3.8, 4) is 17.0 Å². The van der Waals surface area contributed by atoms with E-state index in [2.05, 4.69) is 15.3 Å². The quantitative estimate of drug-likeness (QED) is 0.755. The highest BCUT2D eigenvalue weighted by Gasteiger charge is 2.10. The monoisotopic (exact) mass is 339 g/mol. The maximum absolute atomic E-state index is 12.3. The zero-order chi connectivity index (χ0) is 16.9. The first kappa shape index (κ1) is 16.1. The normalized spacial score (nSPS) is 10.6. The SMILES string of the molecule is CC(C)Oc1ccc(C(=O)Nc2nc(-c3cccnc3)cs2)cc1. The van der Waals surface area contributed by atoms with Gasteiger partial charge >= 0.3 is 0 Å². The van der Waals surface area contributed by atoms with Crippen molar-refractivity contribution in [2.75, 3.05) is 5.32 Å². The van der Waals surface area contributed by atoms with Crippen LogP contribution in [0.2, 0.25) is 0 Å². The van der Waals surface area contributed by atoms with Gasteiger partial charge in [0.2, 0.25) is 0 Å². The molecule has 0 radical (unpaired) electrons. The number of aromatic nitrogens is 2.